The molecule has 5 rings (SSSR count). The van der Waals surface area contributed by atoms with E-state index >= 15 is 0 Å². The van der Waals surface area contributed by atoms with Crippen molar-refractivity contribution < 1.29 is 17.5 Å². The van der Waals surface area contributed by atoms with E-state index in [1.165, 1.54) is 44.4 Å². The molecule has 0 radical (unpaired) electrons. The van der Waals surface area contributed by atoms with E-state index < -0.39 is 26.9 Å². The molecule has 33 heavy (non-hydrogen) atoms. The third-order valence-electron chi connectivity index (χ3n) is 5.43. The van der Waals surface area contributed by atoms with Crippen LogP contribution in [-0.4, -0.2) is 42.3 Å². The highest BCUT2D eigenvalue weighted by Gasteiger charge is 2.34. The average molecular weight is 472 g/mol. The molecular formula is C23H26FN5O3S. The minimum Gasteiger partial charge on any atom is -0.495 e. The van der Waals surface area contributed by atoms with E-state index in [9.17, 15) is 12.8 Å². The molecule has 174 valence electrons. The van der Waals surface area contributed by atoms with Gasteiger partial charge in [-0.15, -0.1) is 0 Å². The summed E-state index contributed by atoms with van der Waals surface area (Å²) in [7, 11) is -1.95. The summed E-state index contributed by atoms with van der Waals surface area (Å²) < 4.78 is 44.4. The maximum absolute atomic E-state index is 14.5. The topological polar surface area (TPSA) is 120 Å². The van der Waals surface area contributed by atoms with Gasteiger partial charge in [-0.1, -0.05) is 19.3 Å². The van der Waals surface area contributed by atoms with Gasteiger partial charge >= 0.3 is 0 Å². The number of pyridine rings is 2. The number of ether oxygens (including phenoxy) is 1. The average Bonchev–Trinajstić information content (AvgIpc) is 3.68. The second kappa shape index (κ2) is 9.30. The Balaban J connectivity index is 0.000000799. The molecule has 3 N–H and O–H groups in total. The summed E-state index contributed by atoms with van der Waals surface area (Å²) >= 11 is 0. The number of nitrogens with zero attached hydrogens (tertiary/aromatic N) is 3. The predicted octanol–water partition coefficient (Wildman–Crippen LogP) is 3.91. The Bertz CT molecular complexity index is 1310. The third kappa shape index (κ3) is 5.22. The minimum absolute atomic E-state index is 0.0159. The lowest BCUT2D eigenvalue weighted by molar-refractivity contribution is 0.414. The minimum atomic E-state index is -3.51. The van der Waals surface area contributed by atoms with Gasteiger partial charge < -0.3 is 15.8 Å². The Morgan fingerprint density at radius 2 is 1.91 bits per heavy atom. The second-order valence-electron chi connectivity index (χ2n) is 8.07. The van der Waals surface area contributed by atoms with Crippen molar-refractivity contribution >= 4 is 38.1 Å². The van der Waals surface area contributed by atoms with Crippen molar-refractivity contribution in [2.45, 2.75) is 37.5 Å². The lowest BCUT2D eigenvalue weighted by Gasteiger charge is -2.24. The lowest BCUT2D eigenvalue weighted by Crippen LogP contribution is -2.40. The SMILES string of the molecule is C1CC1.COc1cnc2c(Nc3ccc(F)c(C4CS(=O)(=O)C(C)C(N)=N4)c3)nccc2c1. The summed E-state index contributed by atoms with van der Waals surface area (Å²) in [5.41, 5.74) is 7.06. The van der Waals surface area contributed by atoms with E-state index in [4.69, 9.17) is 10.5 Å². The number of fused-ring (bicyclic) bond motifs is 1. The Morgan fingerprint density at radius 3 is 2.58 bits per heavy atom. The molecule has 2 unspecified atom stereocenters. The molecule has 2 aromatic heterocycles. The van der Waals surface area contributed by atoms with Crippen molar-refractivity contribution in [3.8, 4) is 5.75 Å². The van der Waals surface area contributed by atoms with E-state index in [-0.39, 0.29) is 17.2 Å². The molecule has 0 saturated heterocycles. The Kier molecular flexibility index (Phi) is 6.46. The summed E-state index contributed by atoms with van der Waals surface area (Å²) in [6.45, 7) is 1.48. The second-order valence-corrected chi connectivity index (χ2v) is 10.4. The molecule has 2 atom stereocenters. The van der Waals surface area contributed by atoms with E-state index in [1.54, 1.807) is 25.6 Å². The number of rotatable bonds is 4. The van der Waals surface area contributed by atoms with Crippen molar-refractivity contribution in [3.05, 3.63) is 54.1 Å². The van der Waals surface area contributed by atoms with Gasteiger partial charge in [0, 0.05) is 22.8 Å². The zero-order chi connectivity index (χ0) is 23.6. The molecule has 0 bridgehead atoms. The number of aliphatic imine (C=N–C) groups is 1. The predicted molar refractivity (Wildman–Crippen MR) is 127 cm³/mol. The van der Waals surface area contributed by atoms with E-state index in [2.05, 4.69) is 20.3 Å². The normalized spacial score (nSPS) is 20.9. The maximum atomic E-state index is 14.5. The molecule has 0 amide bonds. The molecule has 3 heterocycles. The van der Waals surface area contributed by atoms with Crippen LogP contribution in [0.1, 0.15) is 37.8 Å². The zero-order valence-corrected chi connectivity index (χ0v) is 19.3. The van der Waals surface area contributed by atoms with Gasteiger partial charge in [0.25, 0.3) is 0 Å². The molecule has 1 saturated carbocycles. The first-order valence-corrected chi connectivity index (χ1v) is 12.4. The number of benzene rings is 1. The standard InChI is InChI=1S/C20H20FN5O3S.C3H6/c1-11-19(22)26-17(10-30(11,27)28)15-8-13(3-4-16(15)21)25-20-18-12(5-6-23-20)7-14(29-2)9-24-18;1-2-3-1/h3-9,11,17H,10H2,1-2H3,(H2,22,26)(H,23,25);1-3H2. The van der Waals surface area contributed by atoms with Gasteiger partial charge in [-0.05, 0) is 37.3 Å². The van der Waals surface area contributed by atoms with Crippen LogP contribution in [0.3, 0.4) is 0 Å². The van der Waals surface area contributed by atoms with Gasteiger partial charge in [-0.25, -0.2) is 22.8 Å². The van der Waals surface area contributed by atoms with Crippen LogP contribution in [0.15, 0.2) is 47.7 Å². The number of aromatic nitrogens is 2. The van der Waals surface area contributed by atoms with Gasteiger partial charge in [0.1, 0.15) is 28.2 Å². The van der Waals surface area contributed by atoms with Crippen LogP contribution >= 0.6 is 0 Å². The molecule has 1 fully saturated rings. The van der Waals surface area contributed by atoms with E-state index in [0.29, 0.717) is 22.8 Å². The lowest BCUT2D eigenvalue weighted by atomic mass is 10.1. The Morgan fingerprint density at radius 1 is 1.15 bits per heavy atom. The maximum Gasteiger partial charge on any atom is 0.162 e. The van der Waals surface area contributed by atoms with Crippen LogP contribution in [0.5, 0.6) is 5.75 Å². The monoisotopic (exact) mass is 471 g/mol. The van der Waals surface area contributed by atoms with Gasteiger partial charge in [-0.3, -0.25) is 4.99 Å². The van der Waals surface area contributed by atoms with Crippen LogP contribution in [-0.2, 0) is 9.84 Å². The number of halogens is 1. The van der Waals surface area contributed by atoms with Gasteiger partial charge in [0.05, 0.1) is 25.1 Å². The van der Waals surface area contributed by atoms with Crippen molar-refractivity contribution in [2.75, 3.05) is 18.2 Å². The van der Waals surface area contributed by atoms with E-state index in [0.717, 1.165) is 5.39 Å². The van der Waals surface area contributed by atoms with Crippen LogP contribution in [0, 0.1) is 5.82 Å². The fourth-order valence-corrected chi connectivity index (χ4v) is 4.70. The fraction of sp³-hybridized carbons (Fsp3) is 0.348. The number of hydrogen-bond acceptors (Lipinski definition) is 8. The number of nitrogens with one attached hydrogen (secondary N) is 1. The van der Waals surface area contributed by atoms with Crippen LogP contribution < -0.4 is 15.8 Å². The molecule has 2 aliphatic rings. The molecule has 1 aromatic carbocycles. The first kappa shape index (κ1) is 22.9. The summed E-state index contributed by atoms with van der Waals surface area (Å²) in [4.78, 5) is 12.9. The van der Waals surface area contributed by atoms with Crippen molar-refractivity contribution in [3.63, 3.8) is 0 Å². The summed E-state index contributed by atoms with van der Waals surface area (Å²) in [6, 6.07) is 7.04. The number of sulfone groups is 1. The number of amidine groups is 1. The third-order valence-corrected chi connectivity index (χ3v) is 7.53. The quantitative estimate of drug-likeness (QED) is 0.592. The number of anilines is 2. The highest BCUT2D eigenvalue weighted by atomic mass is 32.2. The molecule has 0 spiro atoms. The molecular weight excluding hydrogens is 445 g/mol. The first-order chi connectivity index (χ1) is 15.8. The summed E-state index contributed by atoms with van der Waals surface area (Å²) in [5, 5.41) is 3.07. The number of hydrogen-bond donors (Lipinski definition) is 2. The molecule has 1 aliphatic carbocycles. The number of nitrogens with two attached hydrogens (primary N) is 1. The molecule has 8 nitrogen and oxygen atoms in total. The van der Waals surface area contributed by atoms with Gasteiger partial charge in [-0.2, -0.15) is 0 Å². The van der Waals surface area contributed by atoms with Crippen molar-refractivity contribution in [1.82, 2.24) is 9.97 Å². The largest absolute Gasteiger partial charge is 0.495 e. The molecule has 1 aliphatic heterocycles. The zero-order valence-electron chi connectivity index (χ0n) is 18.5. The highest BCUT2D eigenvalue weighted by molar-refractivity contribution is 7.92. The number of methoxy groups -OCH3 is 1. The summed E-state index contributed by atoms with van der Waals surface area (Å²) in [6.07, 6.45) is 7.70. The summed E-state index contributed by atoms with van der Waals surface area (Å²) in [5.74, 6) is 0.217. The Hall–Kier alpha value is -3.27. The van der Waals surface area contributed by atoms with Gasteiger partial charge in [0.15, 0.2) is 15.7 Å². The van der Waals surface area contributed by atoms with E-state index in [1.807, 2.05) is 6.07 Å². The van der Waals surface area contributed by atoms with Crippen molar-refractivity contribution in [2.24, 2.45) is 10.7 Å². The smallest absolute Gasteiger partial charge is 0.162 e. The first-order valence-electron chi connectivity index (χ1n) is 10.7. The molecule has 3 aromatic rings. The van der Waals surface area contributed by atoms with Gasteiger partial charge in [0.2, 0.25) is 0 Å². The van der Waals surface area contributed by atoms with Crippen LogP contribution in [0.2, 0.25) is 0 Å². The van der Waals surface area contributed by atoms with Crippen molar-refractivity contribution in [1.29, 1.82) is 0 Å². The van der Waals surface area contributed by atoms with Crippen LogP contribution in [0.25, 0.3) is 10.9 Å². The highest BCUT2D eigenvalue weighted by Crippen LogP contribution is 2.31. The molecule has 10 heteroatoms. The Labute approximate surface area is 192 Å². The fourth-order valence-electron chi connectivity index (χ4n) is 3.29. The van der Waals surface area contributed by atoms with Crippen LogP contribution in [0.4, 0.5) is 15.9 Å².